The van der Waals surface area contributed by atoms with Crippen LogP contribution in [0.5, 0.6) is 5.75 Å². The second-order valence-electron chi connectivity index (χ2n) is 6.99. The Balaban J connectivity index is 1.93. The summed E-state index contributed by atoms with van der Waals surface area (Å²) in [5.41, 5.74) is 0.657. The van der Waals surface area contributed by atoms with Crippen LogP contribution in [0.1, 0.15) is 46.5 Å². The Bertz CT molecular complexity index is 695. The van der Waals surface area contributed by atoms with Crippen molar-refractivity contribution in [3.63, 3.8) is 0 Å². The smallest absolute Gasteiger partial charge is 0.227 e. The van der Waals surface area contributed by atoms with Crippen LogP contribution < -0.4 is 10.1 Å². The molecule has 1 aliphatic heterocycles. The zero-order valence-corrected chi connectivity index (χ0v) is 16.7. The topological polar surface area (TPSA) is 75.7 Å². The highest BCUT2D eigenvalue weighted by molar-refractivity contribution is 7.89. The van der Waals surface area contributed by atoms with Gasteiger partial charge in [-0.05, 0) is 45.2 Å². The number of anilines is 1. The van der Waals surface area contributed by atoms with Gasteiger partial charge in [0.25, 0.3) is 0 Å². The fourth-order valence-corrected chi connectivity index (χ4v) is 4.69. The molecule has 1 heterocycles. The molecule has 1 N–H and O–H groups in total. The van der Waals surface area contributed by atoms with Crippen LogP contribution in [0.15, 0.2) is 24.3 Å². The predicted octanol–water partition coefficient (Wildman–Crippen LogP) is 3.25. The molecular formula is C19H30N2O4S. The fraction of sp³-hybridized carbons (Fsp3) is 0.632. The van der Waals surface area contributed by atoms with E-state index in [-0.39, 0.29) is 23.7 Å². The number of unbranched alkanes of at least 4 members (excludes halogenated alkanes) is 1. The van der Waals surface area contributed by atoms with E-state index in [1.54, 1.807) is 0 Å². The molecule has 1 fully saturated rings. The molecule has 0 radical (unpaired) electrons. The second kappa shape index (κ2) is 9.37. The Kier molecular flexibility index (Phi) is 7.46. The molecule has 1 amide bonds. The molecule has 1 saturated heterocycles. The number of hydrogen-bond acceptors (Lipinski definition) is 4. The van der Waals surface area contributed by atoms with Crippen molar-refractivity contribution >= 4 is 21.6 Å². The number of ether oxygens (including phenoxy) is 1. The van der Waals surface area contributed by atoms with Crippen LogP contribution in [-0.2, 0) is 14.8 Å². The quantitative estimate of drug-likeness (QED) is 0.749. The minimum absolute atomic E-state index is 0.0182. The number of amides is 1. The molecular weight excluding hydrogens is 352 g/mol. The van der Waals surface area contributed by atoms with Gasteiger partial charge in [-0.3, -0.25) is 4.79 Å². The van der Waals surface area contributed by atoms with E-state index in [1.807, 2.05) is 45.0 Å². The van der Waals surface area contributed by atoms with Gasteiger partial charge in [0, 0.05) is 19.0 Å². The van der Waals surface area contributed by atoms with Gasteiger partial charge in [0.1, 0.15) is 5.75 Å². The predicted molar refractivity (Wildman–Crippen MR) is 104 cm³/mol. The summed E-state index contributed by atoms with van der Waals surface area (Å²) >= 11 is 0. The van der Waals surface area contributed by atoms with E-state index in [1.165, 1.54) is 4.31 Å². The lowest BCUT2D eigenvalue weighted by atomic mass is 9.97. The number of nitrogens with zero attached hydrogens (tertiary/aromatic N) is 1. The van der Waals surface area contributed by atoms with Crippen LogP contribution in [0.25, 0.3) is 0 Å². The number of carbonyl (C=O) groups is 1. The van der Waals surface area contributed by atoms with Crippen LogP contribution in [0.3, 0.4) is 0 Å². The van der Waals surface area contributed by atoms with E-state index in [0.29, 0.717) is 43.8 Å². The van der Waals surface area contributed by atoms with Gasteiger partial charge in [0.15, 0.2) is 0 Å². The highest BCUT2D eigenvalue weighted by atomic mass is 32.2. The summed E-state index contributed by atoms with van der Waals surface area (Å²) in [6, 6.07) is 7.37. The van der Waals surface area contributed by atoms with Crippen molar-refractivity contribution in [3.05, 3.63) is 24.3 Å². The third kappa shape index (κ3) is 5.71. The molecule has 1 aromatic carbocycles. The normalized spacial score (nSPS) is 16.6. The first-order valence-electron chi connectivity index (χ1n) is 9.38. The Morgan fingerprint density at radius 2 is 1.92 bits per heavy atom. The summed E-state index contributed by atoms with van der Waals surface area (Å²) in [5.74, 6) is 0.589. The summed E-state index contributed by atoms with van der Waals surface area (Å²) in [7, 11) is -3.19. The molecule has 0 atom stereocenters. The Hall–Kier alpha value is -1.60. The number of carbonyl (C=O) groups excluding carboxylic acids is 1. The molecule has 26 heavy (non-hydrogen) atoms. The number of sulfonamides is 1. The maximum atomic E-state index is 12.6. The van der Waals surface area contributed by atoms with E-state index in [0.717, 1.165) is 6.42 Å². The van der Waals surface area contributed by atoms with E-state index in [9.17, 15) is 13.2 Å². The molecule has 0 aliphatic carbocycles. The zero-order chi connectivity index (χ0) is 19.2. The van der Waals surface area contributed by atoms with Crippen molar-refractivity contribution in [1.82, 2.24) is 4.31 Å². The van der Waals surface area contributed by atoms with Gasteiger partial charge in [-0.25, -0.2) is 12.7 Å². The van der Waals surface area contributed by atoms with Gasteiger partial charge in [0.2, 0.25) is 15.9 Å². The summed E-state index contributed by atoms with van der Waals surface area (Å²) < 4.78 is 31.8. The molecule has 7 heteroatoms. The highest BCUT2D eigenvalue weighted by Crippen LogP contribution is 2.27. The molecule has 0 unspecified atom stereocenters. The van der Waals surface area contributed by atoms with Gasteiger partial charge in [-0.2, -0.15) is 0 Å². The molecule has 0 aromatic heterocycles. The third-order valence-corrected chi connectivity index (χ3v) is 6.44. The van der Waals surface area contributed by atoms with E-state index < -0.39 is 10.0 Å². The number of rotatable bonds is 8. The maximum absolute atomic E-state index is 12.6. The van der Waals surface area contributed by atoms with Gasteiger partial charge >= 0.3 is 0 Å². The van der Waals surface area contributed by atoms with E-state index >= 15 is 0 Å². The molecule has 6 nitrogen and oxygen atoms in total. The largest absolute Gasteiger partial charge is 0.489 e. The van der Waals surface area contributed by atoms with Crippen LogP contribution >= 0.6 is 0 Å². The molecule has 2 rings (SSSR count). The average Bonchev–Trinajstić information content (AvgIpc) is 2.61. The van der Waals surface area contributed by atoms with Gasteiger partial charge < -0.3 is 10.1 Å². The first-order valence-corrected chi connectivity index (χ1v) is 11.0. The Labute approximate surface area is 157 Å². The van der Waals surface area contributed by atoms with Crippen molar-refractivity contribution in [2.45, 2.75) is 52.6 Å². The minimum Gasteiger partial charge on any atom is -0.489 e. The molecule has 0 bridgehead atoms. The zero-order valence-electron chi connectivity index (χ0n) is 15.9. The molecule has 0 saturated carbocycles. The third-order valence-electron chi connectivity index (χ3n) is 4.48. The van der Waals surface area contributed by atoms with Crippen LogP contribution in [0.4, 0.5) is 5.69 Å². The van der Waals surface area contributed by atoms with Crippen LogP contribution in [0, 0.1) is 5.92 Å². The lowest BCUT2D eigenvalue weighted by molar-refractivity contribution is -0.120. The first-order chi connectivity index (χ1) is 12.3. The van der Waals surface area contributed by atoms with Crippen LogP contribution in [-0.4, -0.2) is 43.6 Å². The molecule has 1 aromatic rings. The van der Waals surface area contributed by atoms with Gasteiger partial charge in [0.05, 0.1) is 17.5 Å². The lowest BCUT2D eigenvalue weighted by Gasteiger charge is -2.30. The minimum atomic E-state index is -3.19. The Morgan fingerprint density at radius 3 is 2.54 bits per heavy atom. The number of nitrogens with one attached hydrogen (secondary N) is 1. The van der Waals surface area contributed by atoms with Crippen molar-refractivity contribution in [3.8, 4) is 5.75 Å². The summed E-state index contributed by atoms with van der Waals surface area (Å²) in [6.07, 6.45) is 2.64. The standard InChI is InChI=1S/C19H30N2O4S/c1-4-5-14-26(23,24)21-12-10-16(11-13-21)19(22)20-17-8-6-7-9-18(17)25-15(2)3/h6-9,15-16H,4-5,10-14H2,1-3H3,(H,20,22). The van der Waals surface area contributed by atoms with Gasteiger partial charge in [-0.15, -0.1) is 0 Å². The molecule has 146 valence electrons. The summed E-state index contributed by atoms with van der Waals surface area (Å²) in [4.78, 5) is 12.6. The maximum Gasteiger partial charge on any atom is 0.227 e. The molecule has 1 aliphatic rings. The van der Waals surface area contributed by atoms with Crippen LogP contribution in [0.2, 0.25) is 0 Å². The van der Waals surface area contributed by atoms with Gasteiger partial charge in [-0.1, -0.05) is 25.5 Å². The highest BCUT2D eigenvalue weighted by Gasteiger charge is 2.31. The average molecular weight is 383 g/mol. The monoisotopic (exact) mass is 382 g/mol. The van der Waals surface area contributed by atoms with E-state index in [2.05, 4.69) is 5.32 Å². The van der Waals surface area contributed by atoms with Crippen molar-refractivity contribution in [2.75, 3.05) is 24.2 Å². The Morgan fingerprint density at radius 1 is 1.27 bits per heavy atom. The van der Waals surface area contributed by atoms with Crippen molar-refractivity contribution in [2.24, 2.45) is 5.92 Å². The SMILES string of the molecule is CCCCS(=O)(=O)N1CCC(C(=O)Nc2ccccc2OC(C)C)CC1. The number of hydrogen-bond donors (Lipinski definition) is 1. The van der Waals surface area contributed by atoms with Crippen molar-refractivity contribution in [1.29, 1.82) is 0 Å². The number of piperidine rings is 1. The van der Waals surface area contributed by atoms with Crippen molar-refractivity contribution < 1.29 is 17.9 Å². The lowest BCUT2D eigenvalue weighted by Crippen LogP contribution is -2.42. The second-order valence-corrected chi connectivity index (χ2v) is 9.08. The fourth-order valence-electron chi connectivity index (χ4n) is 3.01. The molecule has 0 spiro atoms. The summed E-state index contributed by atoms with van der Waals surface area (Å²) in [5, 5.41) is 2.94. The summed E-state index contributed by atoms with van der Waals surface area (Å²) in [6.45, 7) is 6.68. The number of benzene rings is 1. The van der Waals surface area contributed by atoms with E-state index in [4.69, 9.17) is 4.74 Å². The first kappa shape index (κ1) is 20.7. The number of para-hydroxylation sites is 2.